The van der Waals surface area contributed by atoms with Gasteiger partial charge in [0.05, 0.1) is 0 Å². The highest BCUT2D eigenvalue weighted by molar-refractivity contribution is 7.18. The Morgan fingerprint density at radius 3 is 2.39 bits per heavy atom. The number of anilines is 2. The van der Waals surface area contributed by atoms with E-state index in [1.54, 1.807) is 6.07 Å². The zero-order valence-electron chi connectivity index (χ0n) is 18.1. The molecule has 3 N–H and O–H groups in total. The fraction of sp³-hybridized carbons (Fsp3) is 0.304. The van der Waals surface area contributed by atoms with Crippen molar-refractivity contribution in [2.75, 3.05) is 10.6 Å². The number of carbonyl (C=O) groups excluding carboxylic acids is 2. The highest BCUT2D eigenvalue weighted by atomic mass is 32.1. The van der Waals surface area contributed by atoms with Crippen LogP contribution in [0.25, 0.3) is 10.6 Å². The number of nitrogens with one attached hydrogen (secondary N) is 3. The Bertz CT molecular complexity index is 1070. The number of carbonyl (C=O) groups is 2. The number of rotatable bonds is 7. The van der Waals surface area contributed by atoms with Crippen LogP contribution in [0.2, 0.25) is 0 Å². The van der Waals surface area contributed by atoms with E-state index in [0.717, 1.165) is 28.1 Å². The largest absolute Gasteiger partial charge is 0.326 e. The first kappa shape index (κ1) is 22.4. The normalized spacial score (nSPS) is 12.6. The number of benzene rings is 2. The summed E-state index contributed by atoms with van der Waals surface area (Å²) in [6, 6.07) is 14.3. The third-order valence-electron chi connectivity index (χ3n) is 4.98. The van der Waals surface area contributed by atoms with Crippen LogP contribution in [0.4, 0.5) is 15.6 Å². The number of hydrogen-bond donors (Lipinski definition) is 3. The van der Waals surface area contributed by atoms with Crippen LogP contribution in [0, 0.1) is 19.8 Å². The lowest BCUT2D eigenvalue weighted by molar-refractivity contribution is -0.119. The van der Waals surface area contributed by atoms with Gasteiger partial charge in [-0.15, -0.1) is 10.2 Å². The molecule has 0 spiro atoms. The monoisotopic (exact) mass is 437 g/mol. The predicted octanol–water partition coefficient (Wildman–Crippen LogP) is 5.00. The molecule has 8 heteroatoms. The van der Waals surface area contributed by atoms with E-state index in [-0.39, 0.29) is 11.8 Å². The first-order valence-electron chi connectivity index (χ1n) is 10.2. The lowest BCUT2D eigenvalue weighted by Gasteiger charge is -2.23. The SMILES string of the molecule is CC[C@H](C)[C@H](NC(=O)Nc1cccc(C)c1)C(=O)Nc1nnc(-c2cccc(C)c2)s1. The highest BCUT2D eigenvalue weighted by Crippen LogP contribution is 2.27. The number of amides is 3. The van der Waals surface area contributed by atoms with Gasteiger partial charge in [0.2, 0.25) is 11.0 Å². The second kappa shape index (κ2) is 10.2. The average Bonchev–Trinajstić information content (AvgIpc) is 3.20. The molecule has 0 saturated carbocycles. The molecule has 0 radical (unpaired) electrons. The highest BCUT2D eigenvalue weighted by Gasteiger charge is 2.27. The van der Waals surface area contributed by atoms with E-state index >= 15 is 0 Å². The Labute approximate surface area is 186 Å². The lowest BCUT2D eigenvalue weighted by atomic mass is 9.98. The van der Waals surface area contributed by atoms with Gasteiger partial charge in [-0.3, -0.25) is 10.1 Å². The molecule has 3 rings (SSSR count). The summed E-state index contributed by atoms with van der Waals surface area (Å²) in [5.41, 5.74) is 3.79. The molecule has 2 atom stereocenters. The maximum absolute atomic E-state index is 12.9. The topological polar surface area (TPSA) is 96.0 Å². The van der Waals surface area contributed by atoms with Crippen molar-refractivity contribution in [3.8, 4) is 10.6 Å². The molecule has 0 fully saturated rings. The maximum Gasteiger partial charge on any atom is 0.319 e. The first-order valence-corrected chi connectivity index (χ1v) is 11.0. The Balaban J connectivity index is 1.68. The van der Waals surface area contributed by atoms with Crippen LogP contribution in [-0.4, -0.2) is 28.2 Å². The second-order valence-corrected chi connectivity index (χ2v) is 8.58. The van der Waals surface area contributed by atoms with Gasteiger partial charge >= 0.3 is 6.03 Å². The number of nitrogens with zero attached hydrogens (tertiary/aromatic N) is 2. The van der Waals surface area contributed by atoms with Crippen molar-refractivity contribution >= 4 is 34.1 Å². The molecule has 0 saturated heterocycles. The summed E-state index contributed by atoms with van der Waals surface area (Å²) in [6.45, 7) is 7.87. The number of urea groups is 1. The van der Waals surface area contributed by atoms with Gasteiger partial charge in [-0.2, -0.15) is 0 Å². The van der Waals surface area contributed by atoms with Crippen LogP contribution >= 0.6 is 11.3 Å². The number of aromatic nitrogens is 2. The third kappa shape index (κ3) is 6.11. The van der Waals surface area contributed by atoms with Crippen LogP contribution < -0.4 is 16.0 Å². The third-order valence-corrected chi connectivity index (χ3v) is 5.87. The van der Waals surface area contributed by atoms with Crippen LogP contribution in [0.3, 0.4) is 0 Å². The smallest absolute Gasteiger partial charge is 0.319 e. The quantitative estimate of drug-likeness (QED) is 0.485. The van der Waals surface area contributed by atoms with Crippen molar-refractivity contribution in [3.05, 3.63) is 59.7 Å². The van der Waals surface area contributed by atoms with E-state index in [4.69, 9.17) is 0 Å². The van der Waals surface area contributed by atoms with Crippen molar-refractivity contribution in [2.45, 2.75) is 40.2 Å². The zero-order chi connectivity index (χ0) is 22.4. The summed E-state index contributed by atoms with van der Waals surface area (Å²) in [7, 11) is 0. The fourth-order valence-electron chi connectivity index (χ4n) is 3.08. The van der Waals surface area contributed by atoms with Gasteiger partial charge in [-0.05, 0) is 43.5 Å². The Kier molecular flexibility index (Phi) is 7.36. The molecule has 1 aromatic heterocycles. The molecule has 7 nitrogen and oxygen atoms in total. The fourth-order valence-corrected chi connectivity index (χ4v) is 3.83. The zero-order valence-corrected chi connectivity index (χ0v) is 18.9. The van der Waals surface area contributed by atoms with E-state index in [2.05, 4.69) is 26.1 Å². The van der Waals surface area contributed by atoms with Gasteiger partial charge in [-0.1, -0.05) is 67.5 Å². The molecular formula is C23H27N5O2S. The van der Waals surface area contributed by atoms with E-state index in [0.29, 0.717) is 10.8 Å². The van der Waals surface area contributed by atoms with Crippen LogP contribution in [0.15, 0.2) is 48.5 Å². The molecule has 3 amide bonds. The predicted molar refractivity (Wildman–Crippen MR) is 125 cm³/mol. The van der Waals surface area contributed by atoms with Gasteiger partial charge in [-0.25, -0.2) is 4.79 Å². The summed E-state index contributed by atoms with van der Waals surface area (Å²) in [6.07, 6.45) is 0.730. The molecule has 31 heavy (non-hydrogen) atoms. The molecule has 0 aliphatic rings. The van der Waals surface area contributed by atoms with Gasteiger partial charge < -0.3 is 10.6 Å². The van der Waals surface area contributed by atoms with Crippen molar-refractivity contribution in [3.63, 3.8) is 0 Å². The first-order chi connectivity index (χ1) is 14.9. The molecule has 3 aromatic rings. The van der Waals surface area contributed by atoms with Gasteiger partial charge in [0.1, 0.15) is 11.0 Å². The summed E-state index contributed by atoms with van der Waals surface area (Å²) < 4.78 is 0. The lowest BCUT2D eigenvalue weighted by Crippen LogP contribution is -2.49. The Morgan fingerprint density at radius 2 is 1.71 bits per heavy atom. The molecule has 1 heterocycles. The standard InChI is InChI=1S/C23H27N5O2S/c1-5-16(4)19(25-22(30)24-18-11-7-9-15(3)13-18)20(29)26-23-28-27-21(31-23)17-10-6-8-14(2)12-17/h6-13,16,19H,5H2,1-4H3,(H2,24,25,30)(H,26,28,29)/t16-,19-/m0/s1. The van der Waals surface area contributed by atoms with Gasteiger partial charge in [0, 0.05) is 11.3 Å². The van der Waals surface area contributed by atoms with Crippen molar-refractivity contribution in [1.29, 1.82) is 0 Å². The van der Waals surface area contributed by atoms with Gasteiger partial charge in [0.15, 0.2) is 0 Å². The molecular weight excluding hydrogens is 410 g/mol. The number of aryl methyl sites for hydroxylation is 2. The number of hydrogen-bond acceptors (Lipinski definition) is 5. The van der Waals surface area contributed by atoms with Crippen molar-refractivity contribution in [2.24, 2.45) is 5.92 Å². The molecule has 0 unspecified atom stereocenters. The van der Waals surface area contributed by atoms with Gasteiger partial charge in [0.25, 0.3) is 0 Å². The Hall–Kier alpha value is -3.26. The van der Waals surface area contributed by atoms with E-state index in [1.165, 1.54) is 11.3 Å². The van der Waals surface area contributed by atoms with E-state index < -0.39 is 12.1 Å². The summed E-state index contributed by atoms with van der Waals surface area (Å²) in [4.78, 5) is 25.4. The minimum Gasteiger partial charge on any atom is -0.326 e. The van der Waals surface area contributed by atoms with E-state index in [1.807, 2.05) is 70.2 Å². The van der Waals surface area contributed by atoms with Crippen LogP contribution in [0.5, 0.6) is 0 Å². The second-order valence-electron chi connectivity index (χ2n) is 7.60. The Morgan fingerprint density at radius 1 is 1.00 bits per heavy atom. The minimum absolute atomic E-state index is 0.0626. The molecule has 0 aliphatic carbocycles. The summed E-state index contributed by atoms with van der Waals surface area (Å²) >= 11 is 1.30. The maximum atomic E-state index is 12.9. The summed E-state index contributed by atoms with van der Waals surface area (Å²) in [5, 5.41) is 17.8. The van der Waals surface area contributed by atoms with Crippen LogP contribution in [-0.2, 0) is 4.79 Å². The van der Waals surface area contributed by atoms with Crippen molar-refractivity contribution in [1.82, 2.24) is 15.5 Å². The molecule has 0 bridgehead atoms. The van der Waals surface area contributed by atoms with Crippen LogP contribution in [0.1, 0.15) is 31.4 Å². The molecule has 162 valence electrons. The average molecular weight is 438 g/mol. The van der Waals surface area contributed by atoms with Crippen molar-refractivity contribution < 1.29 is 9.59 Å². The minimum atomic E-state index is -0.707. The summed E-state index contributed by atoms with van der Waals surface area (Å²) in [5.74, 6) is -0.381. The van der Waals surface area contributed by atoms with E-state index in [9.17, 15) is 9.59 Å². The molecule has 0 aliphatic heterocycles. The molecule has 2 aromatic carbocycles.